The van der Waals surface area contributed by atoms with Gasteiger partial charge in [0.25, 0.3) is 0 Å². The molecule has 3 heteroatoms. The van der Waals surface area contributed by atoms with Gasteiger partial charge in [0.05, 0.1) is 11.5 Å². The summed E-state index contributed by atoms with van der Waals surface area (Å²) < 4.78 is 5.65. The molecule has 1 aliphatic heterocycles. The van der Waals surface area contributed by atoms with E-state index < -0.39 is 11.4 Å². The van der Waals surface area contributed by atoms with Crippen molar-refractivity contribution in [3.8, 4) is 0 Å². The van der Waals surface area contributed by atoms with Crippen molar-refractivity contribution >= 4 is 5.97 Å². The van der Waals surface area contributed by atoms with Gasteiger partial charge in [-0.2, -0.15) is 0 Å². The van der Waals surface area contributed by atoms with Crippen molar-refractivity contribution in [3.05, 3.63) is 0 Å². The van der Waals surface area contributed by atoms with E-state index in [1.807, 2.05) is 0 Å². The highest BCUT2D eigenvalue weighted by atomic mass is 16.5. The van der Waals surface area contributed by atoms with E-state index in [2.05, 4.69) is 6.92 Å². The van der Waals surface area contributed by atoms with Crippen LogP contribution in [0.2, 0.25) is 0 Å². The summed E-state index contributed by atoms with van der Waals surface area (Å²) in [4.78, 5) is 11.6. The van der Waals surface area contributed by atoms with Crippen LogP contribution in [-0.4, -0.2) is 23.8 Å². The minimum absolute atomic E-state index is 0.0252. The number of carboxylic acid groups (broad SMARTS) is 1. The summed E-state index contributed by atoms with van der Waals surface area (Å²) in [5.74, 6) is 0.0998. The first kappa shape index (κ1) is 11.9. The molecule has 1 saturated heterocycles. The Balaban J connectivity index is 2.08. The molecule has 0 radical (unpaired) electrons. The highest BCUT2D eigenvalue weighted by Gasteiger charge is 2.49. The fraction of sp³-hybridized carbons (Fsp3) is 0.923. The molecule has 16 heavy (non-hydrogen) atoms. The summed E-state index contributed by atoms with van der Waals surface area (Å²) in [7, 11) is 0. The molecule has 1 heterocycles. The van der Waals surface area contributed by atoms with Gasteiger partial charge in [0.15, 0.2) is 0 Å². The third-order valence-corrected chi connectivity index (χ3v) is 4.55. The summed E-state index contributed by atoms with van der Waals surface area (Å²) >= 11 is 0. The van der Waals surface area contributed by atoms with Gasteiger partial charge in [0.2, 0.25) is 0 Å². The number of hydrogen-bond acceptors (Lipinski definition) is 2. The standard InChI is InChI=1S/C13H22O3/c1-2-10-5-7-13(8-6-10,12(14)15)11-4-3-9-16-11/h10-11H,2-9H2,1H3,(H,14,15). The van der Waals surface area contributed by atoms with Crippen LogP contribution >= 0.6 is 0 Å². The van der Waals surface area contributed by atoms with Gasteiger partial charge < -0.3 is 9.84 Å². The average Bonchev–Trinajstić information content (AvgIpc) is 2.82. The second kappa shape index (κ2) is 4.74. The van der Waals surface area contributed by atoms with Gasteiger partial charge >= 0.3 is 5.97 Å². The molecule has 3 nitrogen and oxygen atoms in total. The molecule has 0 bridgehead atoms. The number of carboxylic acids is 1. The van der Waals surface area contributed by atoms with Crippen molar-refractivity contribution in [2.75, 3.05) is 6.61 Å². The zero-order valence-electron chi connectivity index (χ0n) is 10.1. The van der Waals surface area contributed by atoms with Crippen molar-refractivity contribution in [3.63, 3.8) is 0 Å². The van der Waals surface area contributed by atoms with Crippen LogP contribution in [0.5, 0.6) is 0 Å². The van der Waals surface area contributed by atoms with Gasteiger partial charge in [-0.3, -0.25) is 4.79 Å². The maximum atomic E-state index is 11.6. The predicted molar refractivity (Wildman–Crippen MR) is 61.3 cm³/mol. The van der Waals surface area contributed by atoms with E-state index in [1.165, 1.54) is 6.42 Å². The summed E-state index contributed by atoms with van der Waals surface area (Å²) in [5.41, 5.74) is -0.567. The fourth-order valence-corrected chi connectivity index (χ4v) is 3.29. The molecule has 2 aliphatic rings. The molecule has 0 aromatic heterocycles. The van der Waals surface area contributed by atoms with Crippen molar-refractivity contribution in [1.29, 1.82) is 0 Å². The van der Waals surface area contributed by atoms with Crippen LogP contribution in [0, 0.1) is 11.3 Å². The quantitative estimate of drug-likeness (QED) is 0.805. The van der Waals surface area contributed by atoms with Gasteiger partial charge in [0, 0.05) is 6.61 Å². The Labute approximate surface area is 97.2 Å². The maximum absolute atomic E-state index is 11.6. The van der Waals surface area contributed by atoms with E-state index in [1.54, 1.807) is 0 Å². The van der Waals surface area contributed by atoms with Crippen molar-refractivity contribution in [2.24, 2.45) is 11.3 Å². The van der Waals surface area contributed by atoms with Gasteiger partial charge in [-0.05, 0) is 44.4 Å². The number of carbonyl (C=O) groups is 1. The normalized spacial score (nSPS) is 39.8. The Hall–Kier alpha value is -0.570. The van der Waals surface area contributed by atoms with E-state index in [0.717, 1.165) is 51.0 Å². The molecule has 92 valence electrons. The highest BCUT2D eigenvalue weighted by Crippen LogP contribution is 2.46. The minimum Gasteiger partial charge on any atom is -0.481 e. The molecular formula is C13H22O3. The molecule has 1 unspecified atom stereocenters. The second-order valence-electron chi connectivity index (χ2n) is 5.31. The topological polar surface area (TPSA) is 46.5 Å². The summed E-state index contributed by atoms with van der Waals surface area (Å²) in [6, 6.07) is 0. The Morgan fingerprint density at radius 2 is 2.06 bits per heavy atom. The predicted octanol–water partition coefficient (Wildman–Crippen LogP) is 2.84. The molecule has 2 rings (SSSR count). The van der Waals surface area contributed by atoms with Crippen molar-refractivity contribution in [2.45, 2.75) is 58.0 Å². The first-order valence-corrected chi connectivity index (χ1v) is 6.54. The van der Waals surface area contributed by atoms with E-state index >= 15 is 0 Å². The van der Waals surface area contributed by atoms with Crippen LogP contribution in [0.15, 0.2) is 0 Å². The molecule has 1 saturated carbocycles. The molecule has 1 aliphatic carbocycles. The summed E-state index contributed by atoms with van der Waals surface area (Å²) in [6.45, 7) is 2.95. The lowest BCUT2D eigenvalue weighted by molar-refractivity contribution is -0.162. The lowest BCUT2D eigenvalue weighted by Crippen LogP contribution is -2.45. The molecule has 1 N–H and O–H groups in total. The highest BCUT2D eigenvalue weighted by molar-refractivity contribution is 5.75. The monoisotopic (exact) mass is 226 g/mol. The van der Waals surface area contributed by atoms with Gasteiger partial charge in [-0.15, -0.1) is 0 Å². The van der Waals surface area contributed by atoms with Crippen LogP contribution in [0.4, 0.5) is 0 Å². The molecule has 0 aromatic carbocycles. The number of hydrogen-bond donors (Lipinski definition) is 1. The van der Waals surface area contributed by atoms with Crippen LogP contribution in [0.3, 0.4) is 0 Å². The van der Waals surface area contributed by atoms with Crippen molar-refractivity contribution in [1.82, 2.24) is 0 Å². The number of ether oxygens (including phenoxy) is 1. The largest absolute Gasteiger partial charge is 0.481 e. The van der Waals surface area contributed by atoms with Gasteiger partial charge in [-0.1, -0.05) is 13.3 Å². The third-order valence-electron chi connectivity index (χ3n) is 4.55. The summed E-state index contributed by atoms with van der Waals surface area (Å²) in [6.07, 6.45) is 6.85. The second-order valence-corrected chi connectivity index (χ2v) is 5.31. The minimum atomic E-state index is -0.631. The first-order chi connectivity index (χ1) is 7.69. The van der Waals surface area contributed by atoms with Gasteiger partial charge in [0.1, 0.15) is 0 Å². The van der Waals surface area contributed by atoms with E-state index in [9.17, 15) is 9.90 Å². The van der Waals surface area contributed by atoms with Crippen molar-refractivity contribution < 1.29 is 14.6 Å². The average molecular weight is 226 g/mol. The molecule has 2 fully saturated rings. The maximum Gasteiger partial charge on any atom is 0.312 e. The Morgan fingerprint density at radius 1 is 1.38 bits per heavy atom. The molecule has 0 amide bonds. The molecular weight excluding hydrogens is 204 g/mol. The number of rotatable bonds is 3. The first-order valence-electron chi connectivity index (χ1n) is 6.54. The lowest BCUT2D eigenvalue weighted by atomic mass is 9.66. The third kappa shape index (κ3) is 1.97. The van der Waals surface area contributed by atoms with Gasteiger partial charge in [-0.25, -0.2) is 0 Å². The Kier molecular flexibility index (Phi) is 3.53. The van der Waals surface area contributed by atoms with Crippen LogP contribution in [0.25, 0.3) is 0 Å². The molecule has 0 aromatic rings. The fourth-order valence-electron chi connectivity index (χ4n) is 3.29. The van der Waals surface area contributed by atoms with E-state index in [4.69, 9.17) is 4.74 Å². The zero-order chi connectivity index (χ0) is 11.6. The Morgan fingerprint density at radius 3 is 2.50 bits per heavy atom. The summed E-state index contributed by atoms with van der Waals surface area (Å²) in [5, 5.41) is 9.53. The number of aliphatic carboxylic acids is 1. The molecule has 1 atom stereocenters. The van der Waals surface area contributed by atoms with Crippen LogP contribution < -0.4 is 0 Å². The smallest absolute Gasteiger partial charge is 0.312 e. The van der Waals surface area contributed by atoms with E-state index in [-0.39, 0.29) is 6.10 Å². The SMILES string of the molecule is CCC1CCC(C(=O)O)(C2CCCO2)CC1. The van der Waals surface area contributed by atoms with E-state index in [0.29, 0.717) is 0 Å². The van der Waals surface area contributed by atoms with Crippen LogP contribution in [0.1, 0.15) is 51.9 Å². The lowest BCUT2D eigenvalue weighted by Gasteiger charge is -2.40. The zero-order valence-corrected chi connectivity index (χ0v) is 10.1. The van der Waals surface area contributed by atoms with Crippen LogP contribution in [-0.2, 0) is 9.53 Å². The Bertz CT molecular complexity index is 248. The molecule has 0 spiro atoms.